The Morgan fingerprint density at radius 3 is 2.30 bits per heavy atom. The van der Waals surface area contributed by atoms with Crippen LogP contribution in [0.25, 0.3) is 11.1 Å². The van der Waals surface area contributed by atoms with Gasteiger partial charge >= 0.3 is 6.18 Å². The van der Waals surface area contributed by atoms with E-state index in [1.54, 1.807) is 12.1 Å². The van der Waals surface area contributed by atoms with Crippen molar-refractivity contribution >= 4 is 11.6 Å². The Hall–Kier alpha value is -3.35. The number of para-hydroxylation sites is 1. The average Bonchev–Trinajstić information content (AvgIpc) is 2.64. The maximum Gasteiger partial charge on any atom is 0.417 e. The molecule has 0 atom stereocenters. The number of halogens is 3. The van der Waals surface area contributed by atoms with Gasteiger partial charge in [-0.3, -0.25) is 9.59 Å². The summed E-state index contributed by atoms with van der Waals surface area (Å²) < 4.78 is 39.2. The Morgan fingerprint density at radius 1 is 0.926 bits per heavy atom. The van der Waals surface area contributed by atoms with E-state index < -0.39 is 29.8 Å². The predicted octanol–water partition coefficient (Wildman–Crippen LogP) is 4.17. The van der Waals surface area contributed by atoms with Crippen molar-refractivity contribution < 1.29 is 18.0 Å². The first-order chi connectivity index (χ1) is 12.8. The minimum atomic E-state index is -4.59. The molecule has 7 heteroatoms. The molecule has 1 heterocycles. The standard InChI is InChI=1S/C20H15F3N2O2/c21-20(22,23)15-10-11-19(27)25(12-15)13-18(26)24-17-9-5-4-8-16(17)14-6-2-1-3-7-14/h1-12H,13H2,(H,24,26). The van der Waals surface area contributed by atoms with Crippen LogP contribution in [0.5, 0.6) is 0 Å². The van der Waals surface area contributed by atoms with Crippen molar-refractivity contribution in [2.24, 2.45) is 0 Å². The number of rotatable bonds is 4. The summed E-state index contributed by atoms with van der Waals surface area (Å²) in [5.41, 5.74) is 0.482. The molecular weight excluding hydrogens is 357 g/mol. The van der Waals surface area contributed by atoms with Gasteiger partial charge in [0.2, 0.25) is 5.91 Å². The molecule has 138 valence electrons. The van der Waals surface area contributed by atoms with Crippen molar-refractivity contribution in [3.05, 3.63) is 88.8 Å². The monoisotopic (exact) mass is 372 g/mol. The zero-order chi connectivity index (χ0) is 19.4. The van der Waals surface area contributed by atoms with Gasteiger partial charge in [0.05, 0.1) is 5.56 Å². The van der Waals surface area contributed by atoms with Crippen molar-refractivity contribution in [2.45, 2.75) is 12.7 Å². The number of hydrogen-bond acceptors (Lipinski definition) is 2. The highest BCUT2D eigenvalue weighted by atomic mass is 19.4. The van der Waals surface area contributed by atoms with Gasteiger partial charge in [0, 0.05) is 23.5 Å². The molecule has 0 radical (unpaired) electrons. The van der Waals surface area contributed by atoms with Gasteiger partial charge in [0.15, 0.2) is 0 Å². The number of carbonyl (C=O) groups excluding carboxylic acids is 1. The summed E-state index contributed by atoms with van der Waals surface area (Å²) in [6.45, 7) is -0.522. The van der Waals surface area contributed by atoms with Crippen molar-refractivity contribution in [1.82, 2.24) is 4.57 Å². The summed E-state index contributed by atoms with van der Waals surface area (Å²) in [5.74, 6) is -0.597. The van der Waals surface area contributed by atoms with Gasteiger partial charge in [-0.25, -0.2) is 0 Å². The Labute approximate surface area is 152 Å². The van der Waals surface area contributed by atoms with Crippen LogP contribution in [0.1, 0.15) is 5.56 Å². The van der Waals surface area contributed by atoms with Crippen LogP contribution >= 0.6 is 0 Å². The maximum absolute atomic E-state index is 12.8. The summed E-state index contributed by atoms with van der Waals surface area (Å²) in [6, 6.07) is 17.9. The molecule has 27 heavy (non-hydrogen) atoms. The Balaban J connectivity index is 1.83. The molecule has 0 unspecified atom stereocenters. The minimum Gasteiger partial charge on any atom is -0.324 e. The van der Waals surface area contributed by atoms with Crippen LogP contribution in [0.3, 0.4) is 0 Å². The van der Waals surface area contributed by atoms with E-state index in [0.717, 1.165) is 21.8 Å². The zero-order valence-electron chi connectivity index (χ0n) is 14.0. The molecule has 0 aliphatic heterocycles. The fourth-order valence-corrected chi connectivity index (χ4v) is 2.63. The van der Waals surface area contributed by atoms with Crippen molar-refractivity contribution in [3.8, 4) is 11.1 Å². The predicted molar refractivity (Wildman–Crippen MR) is 96.2 cm³/mol. The van der Waals surface area contributed by atoms with E-state index in [-0.39, 0.29) is 0 Å². The SMILES string of the molecule is O=C(Cn1cc(C(F)(F)F)ccc1=O)Nc1ccccc1-c1ccccc1. The molecular formula is C20H15F3N2O2. The molecule has 0 aliphatic carbocycles. The molecule has 4 nitrogen and oxygen atoms in total. The fraction of sp³-hybridized carbons (Fsp3) is 0.100. The normalized spacial score (nSPS) is 11.2. The molecule has 2 aromatic carbocycles. The second-order valence-electron chi connectivity index (χ2n) is 5.84. The first-order valence-electron chi connectivity index (χ1n) is 8.06. The highest BCUT2D eigenvalue weighted by molar-refractivity contribution is 5.95. The topological polar surface area (TPSA) is 51.1 Å². The first kappa shape index (κ1) is 18.4. The molecule has 0 spiro atoms. The van der Waals surface area contributed by atoms with Gasteiger partial charge in [-0.1, -0.05) is 48.5 Å². The second kappa shape index (κ2) is 7.49. The first-order valence-corrected chi connectivity index (χ1v) is 8.06. The second-order valence-corrected chi connectivity index (χ2v) is 5.84. The lowest BCUT2D eigenvalue weighted by Crippen LogP contribution is -2.28. The van der Waals surface area contributed by atoms with E-state index in [1.165, 1.54) is 0 Å². The molecule has 0 saturated heterocycles. The van der Waals surface area contributed by atoms with Gasteiger partial charge in [-0.05, 0) is 17.7 Å². The van der Waals surface area contributed by atoms with Gasteiger partial charge in [0.1, 0.15) is 6.54 Å². The molecule has 3 rings (SSSR count). The van der Waals surface area contributed by atoms with Gasteiger partial charge in [-0.2, -0.15) is 13.2 Å². The zero-order valence-corrected chi connectivity index (χ0v) is 14.0. The molecule has 1 N–H and O–H groups in total. The quantitative estimate of drug-likeness (QED) is 0.747. The molecule has 1 amide bonds. The van der Waals surface area contributed by atoms with Gasteiger partial charge in [-0.15, -0.1) is 0 Å². The molecule has 0 fully saturated rings. The third-order valence-corrected chi connectivity index (χ3v) is 3.91. The van der Waals surface area contributed by atoms with Crippen LogP contribution in [0, 0.1) is 0 Å². The van der Waals surface area contributed by atoms with E-state index in [0.29, 0.717) is 18.0 Å². The van der Waals surface area contributed by atoms with Crippen LogP contribution in [0.4, 0.5) is 18.9 Å². The van der Waals surface area contributed by atoms with Crippen LogP contribution < -0.4 is 10.9 Å². The van der Waals surface area contributed by atoms with Gasteiger partial charge < -0.3 is 9.88 Å². The summed E-state index contributed by atoms with van der Waals surface area (Å²) in [7, 11) is 0. The molecule has 0 bridgehead atoms. The van der Waals surface area contributed by atoms with Crippen molar-refractivity contribution in [3.63, 3.8) is 0 Å². The number of amides is 1. The Kier molecular flexibility index (Phi) is 5.12. The van der Waals surface area contributed by atoms with Crippen molar-refractivity contribution in [1.29, 1.82) is 0 Å². The smallest absolute Gasteiger partial charge is 0.324 e. The lowest BCUT2D eigenvalue weighted by atomic mass is 10.0. The van der Waals surface area contributed by atoms with Crippen molar-refractivity contribution in [2.75, 3.05) is 5.32 Å². The number of aromatic nitrogens is 1. The third-order valence-electron chi connectivity index (χ3n) is 3.91. The number of anilines is 1. The number of nitrogens with zero attached hydrogens (tertiary/aromatic N) is 1. The molecule has 3 aromatic rings. The summed E-state index contributed by atoms with van der Waals surface area (Å²) in [5, 5.41) is 2.66. The number of alkyl halides is 3. The maximum atomic E-state index is 12.8. The number of pyridine rings is 1. The van der Waals surface area contributed by atoms with E-state index in [4.69, 9.17) is 0 Å². The number of nitrogens with one attached hydrogen (secondary N) is 1. The van der Waals surface area contributed by atoms with E-state index in [1.807, 2.05) is 42.5 Å². The molecule has 0 aliphatic rings. The van der Waals surface area contributed by atoms with Crippen LogP contribution in [0.2, 0.25) is 0 Å². The van der Waals surface area contributed by atoms with E-state index in [2.05, 4.69) is 5.32 Å². The summed E-state index contributed by atoms with van der Waals surface area (Å²) in [6.07, 6.45) is -3.95. The van der Waals surface area contributed by atoms with Crippen LogP contribution in [0.15, 0.2) is 77.7 Å². The summed E-state index contributed by atoms with van der Waals surface area (Å²) in [4.78, 5) is 24.1. The Morgan fingerprint density at radius 2 is 1.59 bits per heavy atom. The largest absolute Gasteiger partial charge is 0.417 e. The van der Waals surface area contributed by atoms with Crippen LogP contribution in [-0.2, 0) is 17.5 Å². The highest BCUT2D eigenvalue weighted by Crippen LogP contribution is 2.29. The Bertz CT molecular complexity index is 1010. The number of hydrogen-bond donors (Lipinski definition) is 1. The number of carbonyl (C=O) groups is 1. The molecule has 0 saturated carbocycles. The van der Waals surface area contributed by atoms with Crippen LogP contribution in [-0.4, -0.2) is 10.5 Å². The lowest BCUT2D eigenvalue weighted by molar-refractivity contribution is -0.138. The van der Waals surface area contributed by atoms with E-state index >= 15 is 0 Å². The lowest BCUT2D eigenvalue weighted by Gasteiger charge is -2.13. The van der Waals surface area contributed by atoms with E-state index in [9.17, 15) is 22.8 Å². The third kappa shape index (κ3) is 4.44. The number of benzene rings is 2. The molecule has 1 aromatic heterocycles. The fourth-order valence-electron chi connectivity index (χ4n) is 2.63. The minimum absolute atomic E-state index is 0.508. The highest BCUT2D eigenvalue weighted by Gasteiger charge is 2.31. The average molecular weight is 372 g/mol. The summed E-state index contributed by atoms with van der Waals surface area (Å²) >= 11 is 0. The van der Waals surface area contributed by atoms with Gasteiger partial charge in [0.25, 0.3) is 5.56 Å².